The Morgan fingerprint density at radius 1 is 1.59 bits per heavy atom. The molecule has 1 heterocycles. The number of rotatable bonds is 4. The van der Waals surface area contributed by atoms with Crippen LogP contribution < -0.4 is 0 Å². The van der Waals surface area contributed by atoms with Crippen LogP contribution >= 0.6 is 15.9 Å². The van der Waals surface area contributed by atoms with Crippen molar-refractivity contribution in [2.75, 3.05) is 13.1 Å². The number of amides is 1. The van der Waals surface area contributed by atoms with Gasteiger partial charge in [0.15, 0.2) is 0 Å². The molecule has 94 valence electrons. The molecule has 0 aromatic carbocycles. The number of aliphatic hydroxyl groups is 1. The number of halogens is 1. The van der Waals surface area contributed by atoms with Gasteiger partial charge in [-0.1, -0.05) is 0 Å². The number of hydrogen-bond donors (Lipinski definition) is 1. The predicted octanol–water partition coefficient (Wildman–Crippen LogP) is 2.08. The maximum atomic E-state index is 12.2. The topological polar surface area (TPSA) is 53.4 Å². The fraction of sp³-hybridized carbons (Fsp3) is 0.500. The normalized spacial score (nSPS) is 11.4. The molecule has 0 unspecified atom stereocenters. The molecule has 1 N–H and O–H groups in total. The van der Waals surface area contributed by atoms with Crippen LogP contribution in [0.2, 0.25) is 0 Å². The van der Waals surface area contributed by atoms with Crippen molar-refractivity contribution in [1.29, 1.82) is 0 Å². The maximum Gasteiger partial charge on any atom is 0.256 e. The van der Waals surface area contributed by atoms with Crippen molar-refractivity contribution in [3.63, 3.8) is 0 Å². The van der Waals surface area contributed by atoms with Gasteiger partial charge < -0.3 is 10.0 Å². The zero-order chi connectivity index (χ0) is 13.1. The van der Waals surface area contributed by atoms with Crippen LogP contribution in [-0.2, 0) is 0 Å². The van der Waals surface area contributed by atoms with E-state index in [0.29, 0.717) is 23.3 Å². The summed E-state index contributed by atoms with van der Waals surface area (Å²) in [6.45, 7) is 6.09. The van der Waals surface area contributed by atoms with Crippen LogP contribution in [0.4, 0.5) is 0 Å². The molecule has 0 aliphatic rings. The maximum absolute atomic E-state index is 12.2. The third-order valence-corrected chi connectivity index (χ3v) is 2.87. The molecule has 1 rings (SSSR count). The summed E-state index contributed by atoms with van der Waals surface area (Å²) in [5, 5.41) is 9.76. The molecule has 4 nitrogen and oxygen atoms in total. The number of aromatic nitrogens is 1. The average Bonchev–Trinajstić information content (AvgIpc) is 2.24. The van der Waals surface area contributed by atoms with Crippen LogP contribution in [0.5, 0.6) is 0 Å². The second kappa shape index (κ2) is 5.60. The summed E-state index contributed by atoms with van der Waals surface area (Å²) in [7, 11) is 0. The van der Waals surface area contributed by atoms with Gasteiger partial charge in [-0.05, 0) is 48.8 Å². The van der Waals surface area contributed by atoms with Crippen molar-refractivity contribution in [2.45, 2.75) is 26.4 Å². The summed E-state index contributed by atoms with van der Waals surface area (Å²) >= 11 is 3.25. The zero-order valence-corrected chi connectivity index (χ0v) is 11.9. The molecular weight excluding hydrogens is 284 g/mol. The Morgan fingerprint density at radius 2 is 2.24 bits per heavy atom. The number of carbonyl (C=O) groups excluding carboxylic acids is 1. The fourth-order valence-electron chi connectivity index (χ4n) is 1.51. The van der Waals surface area contributed by atoms with Crippen LogP contribution in [0.15, 0.2) is 22.9 Å². The molecule has 0 bridgehead atoms. The zero-order valence-electron chi connectivity index (χ0n) is 10.3. The van der Waals surface area contributed by atoms with E-state index in [1.165, 1.54) is 0 Å². The van der Waals surface area contributed by atoms with Gasteiger partial charge in [0.2, 0.25) is 0 Å². The highest BCUT2D eigenvalue weighted by molar-refractivity contribution is 9.10. The van der Waals surface area contributed by atoms with E-state index in [9.17, 15) is 9.90 Å². The van der Waals surface area contributed by atoms with E-state index < -0.39 is 5.60 Å². The molecule has 1 amide bonds. The van der Waals surface area contributed by atoms with Gasteiger partial charge in [-0.25, -0.2) is 4.98 Å². The summed E-state index contributed by atoms with van der Waals surface area (Å²) in [6.07, 6.45) is 1.62. The van der Waals surface area contributed by atoms with Gasteiger partial charge in [0.1, 0.15) is 4.60 Å². The Morgan fingerprint density at radius 3 is 2.71 bits per heavy atom. The largest absolute Gasteiger partial charge is 0.389 e. The highest BCUT2D eigenvalue weighted by Gasteiger charge is 2.23. The lowest BCUT2D eigenvalue weighted by Gasteiger charge is -2.28. The Labute approximate surface area is 110 Å². The smallest absolute Gasteiger partial charge is 0.256 e. The molecule has 1 aromatic rings. The van der Waals surface area contributed by atoms with Crippen LogP contribution in [0.25, 0.3) is 0 Å². The average molecular weight is 301 g/mol. The minimum atomic E-state index is -0.902. The second-order valence-electron chi connectivity index (χ2n) is 4.47. The van der Waals surface area contributed by atoms with Gasteiger partial charge in [0.25, 0.3) is 5.91 Å². The standard InChI is InChI=1S/C12H17BrN2O2/c1-4-15(8-12(2,3)17)11(16)9-6-5-7-14-10(9)13/h5-7,17H,4,8H2,1-3H3. The number of hydrogen-bond acceptors (Lipinski definition) is 3. The summed E-state index contributed by atoms with van der Waals surface area (Å²) in [6, 6.07) is 3.43. The SMILES string of the molecule is CCN(CC(C)(C)O)C(=O)c1cccnc1Br. The predicted molar refractivity (Wildman–Crippen MR) is 69.8 cm³/mol. The molecule has 1 aromatic heterocycles. The monoisotopic (exact) mass is 300 g/mol. The minimum absolute atomic E-state index is 0.130. The summed E-state index contributed by atoms with van der Waals surface area (Å²) in [4.78, 5) is 17.8. The lowest BCUT2D eigenvalue weighted by Crippen LogP contribution is -2.42. The minimum Gasteiger partial charge on any atom is -0.389 e. The first kappa shape index (κ1) is 14.1. The Balaban J connectivity index is 2.91. The molecule has 0 radical (unpaired) electrons. The molecule has 0 fully saturated rings. The van der Waals surface area contributed by atoms with Crippen molar-refractivity contribution in [2.24, 2.45) is 0 Å². The van der Waals surface area contributed by atoms with E-state index in [0.717, 1.165) is 0 Å². The van der Waals surface area contributed by atoms with Crippen molar-refractivity contribution >= 4 is 21.8 Å². The first-order valence-electron chi connectivity index (χ1n) is 5.47. The molecule has 0 aliphatic heterocycles. The van der Waals surface area contributed by atoms with Crippen LogP contribution in [0, 0.1) is 0 Å². The molecule has 0 saturated carbocycles. The van der Waals surface area contributed by atoms with E-state index in [2.05, 4.69) is 20.9 Å². The van der Waals surface area contributed by atoms with Crippen molar-refractivity contribution < 1.29 is 9.90 Å². The number of carbonyl (C=O) groups is 1. The molecule has 17 heavy (non-hydrogen) atoms. The van der Waals surface area contributed by atoms with E-state index in [-0.39, 0.29) is 5.91 Å². The van der Waals surface area contributed by atoms with E-state index in [1.807, 2.05) is 6.92 Å². The van der Waals surface area contributed by atoms with Gasteiger partial charge in [0.05, 0.1) is 11.2 Å². The first-order chi connectivity index (χ1) is 7.85. The van der Waals surface area contributed by atoms with Crippen molar-refractivity contribution in [3.05, 3.63) is 28.5 Å². The highest BCUT2D eigenvalue weighted by Crippen LogP contribution is 2.16. The number of pyridine rings is 1. The van der Waals surface area contributed by atoms with Gasteiger partial charge in [0, 0.05) is 19.3 Å². The number of likely N-dealkylation sites (N-methyl/N-ethyl adjacent to an activating group) is 1. The molecule has 0 aliphatic carbocycles. The van der Waals surface area contributed by atoms with Gasteiger partial charge >= 0.3 is 0 Å². The Kier molecular flexibility index (Phi) is 4.65. The lowest BCUT2D eigenvalue weighted by atomic mass is 10.1. The summed E-state index contributed by atoms with van der Waals surface area (Å²) < 4.78 is 0.527. The summed E-state index contributed by atoms with van der Waals surface area (Å²) in [5.41, 5.74) is -0.390. The highest BCUT2D eigenvalue weighted by atomic mass is 79.9. The Hall–Kier alpha value is -0.940. The molecular formula is C12H17BrN2O2. The summed E-state index contributed by atoms with van der Waals surface area (Å²) in [5.74, 6) is -0.130. The quantitative estimate of drug-likeness (QED) is 0.866. The first-order valence-corrected chi connectivity index (χ1v) is 6.26. The Bertz CT molecular complexity index is 402. The fourth-order valence-corrected chi connectivity index (χ4v) is 1.93. The van der Waals surface area contributed by atoms with Crippen molar-refractivity contribution in [1.82, 2.24) is 9.88 Å². The third kappa shape index (κ3) is 4.09. The number of nitrogens with zero attached hydrogens (tertiary/aromatic N) is 2. The molecule has 0 atom stereocenters. The molecule has 0 saturated heterocycles. The van der Waals surface area contributed by atoms with E-state index in [1.54, 1.807) is 37.1 Å². The van der Waals surface area contributed by atoms with E-state index in [4.69, 9.17) is 0 Å². The van der Waals surface area contributed by atoms with Gasteiger partial charge in [-0.15, -0.1) is 0 Å². The second-order valence-corrected chi connectivity index (χ2v) is 5.22. The van der Waals surface area contributed by atoms with Crippen molar-refractivity contribution in [3.8, 4) is 0 Å². The van der Waals surface area contributed by atoms with Gasteiger partial charge in [-0.2, -0.15) is 0 Å². The van der Waals surface area contributed by atoms with E-state index >= 15 is 0 Å². The molecule has 5 heteroatoms. The van der Waals surface area contributed by atoms with Crippen LogP contribution in [0.3, 0.4) is 0 Å². The third-order valence-electron chi connectivity index (χ3n) is 2.24. The van der Waals surface area contributed by atoms with Gasteiger partial charge in [-0.3, -0.25) is 4.79 Å². The van der Waals surface area contributed by atoms with Crippen LogP contribution in [-0.4, -0.2) is 39.6 Å². The van der Waals surface area contributed by atoms with Crippen LogP contribution in [0.1, 0.15) is 31.1 Å². The lowest BCUT2D eigenvalue weighted by molar-refractivity contribution is 0.0314. The molecule has 0 spiro atoms.